The summed E-state index contributed by atoms with van der Waals surface area (Å²) in [5.74, 6) is 0. The van der Waals surface area contributed by atoms with E-state index >= 15 is 0 Å². The molecule has 3 rings (SSSR count). The van der Waals surface area contributed by atoms with Gasteiger partial charge in [-0.15, -0.1) is 0 Å². The summed E-state index contributed by atoms with van der Waals surface area (Å²) in [4.78, 5) is 4.46. The quantitative estimate of drug-likeness (QED) is 0.475. The van der Waals surface area contributed by atoms with Crippen LogP contribution in [0.3, 0.4) is 0 Å². The molecular weight excluding hydrogens is 339 g/mol. The van der Waals surface area contributed by atoms with Crippen LogP contribution in [0.15, 0.2) is 42.5 Å². The number of halogens is 2. The third kappa shape index (κ3) is 2.86. The van der Waals surface area contributed by atoms with Crippen molar-refractivity contribution in [2.45, 2.75) is 26.2 Å². The van der Waals surface area contributed by atoms with Gasteiger partial charge < -0.3 is 0 Å². The Hall–Kier alpha value is -2.08. The number of aromatic nitrogens is 1. The molecule has 0 aliphatic carbocycles. The lowest BCUT2D eigenvalue weighted by Crippen LogP contribution is -2.10. The number of hydrogen-bond donors (Lipinski definition) is 0. The van der Waals surface area contributed by atoms with E-state index in [1.807, 2.05) is 24.3 Å². The molecule has 0 spiro atoms. The summed E-state index contributed by atoms with van der Waals surface area (Å²) in [6.45, 7) is 6.52. The van der Waals surface area contributed by atoms with Gasteiger partial charge in [0, 0.05) is 21.4 Å². The highest BCUT2D eigenvalue weighted by atomic mass is 35.5. The summed E-state index contributed by atoms with van der Waals surface area (Å²) in [6.07, 6.45) is 0. The van der Waals surface area contributed by atoms with Gasteiger partial charge >= 0.3 is 0 Å². The van der Waals surface area contributed by atoms with E-state index in [9.17, 15) is 5.26 Å². The lowest BCUT2D eigenvalue weighted by atomic mass is 9.86. The fourth-order valence-corrected chi connectivity index (χ4v) is 3.23. The smallest absolute Gasteiger partial charge is 0.148 e. The first-order chi connectivity index (χ1) is 11.3. The highest BCUT2D eigenvalue weighted by Gasteiger charge is 2.17. The molecule has 2 aromatic carbocycles. The molecule has 0 atom stereocenters. The van der Waals surface area contributed by atoms with Crippen LogP contribution in [-0.4, -0.2) is 4.98 Å². The van der Waals surface area contributed by atoms with Crippen LogP contribution in [0.4, 0.5) is 0 Å². The van der Waals surface area contributed by atoms with Gasteiger partial charge in [-0.05, 0) is 17.0 Å². The zero-order chi connectivity index (χ0) is 17.5. The molecule has 3 aromatic rings. The average Bonchev–Trinajstić information content (AvgIpc) is 2.54. The van der Waals surface area contributed by atoms with Crippen molar-refractivity contribution in [1.29, 1.82) is 5.26 Å². The summed E-state index contributed by atoms with van der Waals surface area (Å²) in [7, 11) is 0. The van der Waals surface area contributed by atoms with E-state index in [4.69, 9.17) is 23.2 Å². The van der Waals surface area contributed by atoms with Crippen molar-refractivity contribution >= 4 is 34.0 Å². The second-order valence-corrected chi connectivity index (χ2v) is 7.49. The highest BCUT2D eigenvalue weighted by molar-refractivity contribution is 6.38. The fraction of sp³-hybridized carbons (Fsp3) is 0.200. The Labute approximate surface area is 151 Å². The summed E-state index contributed by atoms with van der Waals surface area (Å²) >= 11 is 12.6. The maximum Gasteiger partial charge on any atom is 0.148 e. The number of benzene rings is 2. The molecule has 120 valence electrons. The minimum atomic E-state index is 0.0830. The van der Waals surface area contributed by atoms with Gasteiger partial charge in [-0.1, -0.05) is 80.4 Å². The van der Waals surface area contributed by atoms with Crippen LogP contribution in [-0.2, 0) is 5.41 Å². The Morgan fingerprint density at radius 1 is 1.00 bits per heavy atom. The molecule has 4 heteroatoms. The molecule has 24 heavy (non-hydrogen) atoms. The van der Waals surface area contributed by atoms with Gasteiger partial charge in [0.1, 0.15) is 11.2 Å². The van der Waals surface area contributed by atoms with Crippen molar-refractivity contribution in [2.75, 3.05) is 0 Å². The summed E-state index contributed by atoms with van der Waals surface area (Å²) < 4.78 is 0. The Morgan fingerprint density at radius 2 is 1.67 bits per heavy atom. The summed E-state index contributed by atoms with van der Waals surface area (Å²) in [6, 6.07) is 15.9. The predicted molar refractivity (Wildman–Crippen MR) is 101 cm³/mol. The topological polar surface area (TPSA) is 36.7 Å². The molecule has 0 aliphatic heterocycles. The van der Waals surface area contributed by atoms with Gasteiger partial charge in [-0.3, -0.25) is 0 Å². The monoisotopic (exact) mass is 354 g/mol. The first-order valence-corrected chi connectivity index (χ1v) is 8.37. The number of nitrogens with zero attached hydrogens (tertiary/aromatic N) is 2. The van der Waals surface area contributed by atoms with Gasteiger partial charge in [0.2, 0.25) is 0 Å². The van der Waals surface area contributed by atoms with Crippen LogP contribution in [0.2, 0.25) is 10.2 Å². The van der Waals surface area contributed by atoms with Crippen LogP contribution < -0.4 is 0 Å². The minimum Gasteiger partial charge on any atom is -0.234 e. The number of rotatable bonds is 1. The van der Waals surface area contributed by atoms with Crippen molar-refractivity contribution in [3.63, 3.8) is 0 Å². The molecule has 0 radical (unpaired) electrons. The predicted octanol–water partition coefficient (Wildman–Crippen LogP) is 6.38. The molecule has 0 unspecified atom stereocenters. The van der Waals surface area contributed by atoms with E-state index in [0.29, 0.717) is 16.0 Å². The average molecular weight is 355 g/mol. The molecule has 1 heterocycles. The molecule has 0 fully saturated rings. The van der Waals surface area contributed by atoms with Crippen LogP contribution >= 0.6 is 23.2 Å². The van der Waals surface area contributed by atoms with E-state index in [0.717, 1.165) is 16.6 Å². The Morgan fingerprint density at radius 3 is 2.25 bits per heavy atom. The van der Waals surface area contributed by atoms with Gasteiger partial charge in [0.15, 0.2) is 0 Å². The van der Waals surface area contributed by atoms with Gasteiger partial charge in [0.05, 0.1) is 11.3 Å². The summed E-state index contributed by atoms with van der Waals surface area (Å²) in [5.41, 5.74) is 3.32. The molecular formula is C20H16Cl2N2. The van der Waals surface area contributed by atoms with E-state index in [2.05, 4.69) is 44.0 Å². The third-order valence-corrected chi connectivity index (χ3v) is 4.66. The number of pyridine rings is 1. The Kier molecular flexibility index (Phi) is 4.25. The van der Waals surface area contributed by atoms with Crippen LogP contribution in [0.1, 0.15) is 31.9 Å². The second kappa shape index (κ2) is 6.09. The van der Waals surface area contributed by atoms with Gasteiger partial charge in [-0.2, -0.15) is 5.26 Å². The molecule has 0 saturated heterocycles. The molecule has 0 saturated carbocycles. The van der Waals surface area contributed by atoms with Crippen molar-refractivity contribution in [2.24, 2.45) is 0 Å². The van der Waals surface area contributed by atoms with E-state index in [1.54, 1.807) is 6.07 Å². The van der Waals surface area contributed by atoms with Crippen molar-refractivity contribution in [3.05, 3.63) is 63.8 Å². The molecule has 0 bridgehead atoms. The molecule has 2 nitrogen and oxygen atoms in total. The minimum absolute atomic E-state index is 0.0830. The van der Waals surface area contributed by atoms with E-state index in [-0.39, 0.29) is 10.6 Å². The molecule has 1 aromatic heterocycles. The maximum absolute atomic E-state index is 9.40. The van der Waals surface area contributed by atoms with Gasteiger partial charge in [0.25, 0.3) is 0 Å². The normalized spacial score (nSPS) is 11.5. The molecule has 0 N–H and O–H groups in total. The van der Waals surface area contributed by atoms with Crippen LogP contribution in [0.5, 0.6) is 0 Å². The standard InChI is InChI=1S/C20H16Cl2N2/c1-20(2,3)13-9-7-12(8-10-13)18-14-5-4-6-16(21)17(14)15(11-23)19(22)24-18/h4-10H,1-3H3. The zero-order valence-corrected chi connectivity index (χ0v) is 15.2. The lowest BCUT2D eigenvalue weighted by Gasteiger charge is -2.19. The summed E-state index contributed by atoms with van der Waals surface area (Å²) in [5, 5.41) is 11.5. The van der Waals surface area contributed by atoms with Crippen molar-refractivity contribution < 1.29 is 0 Å². The van der Waals surface area contributed by atoms with Crippen LogP contribution in [0, 0.1) is 11.3 Å². The fourth-order valence-electron chi connectivity index (χ4n) is 2.74. The Bertz CT molecular complexity index is 962. The SMILES string of the molecule is CC(C)(C)c1ccc(-c2nc(Cl)c(C#N)c3c(Cl)cccc23)cc1. The van der Waals surface area contributed by atoms with Gasteiger partial charge in [-0.25, -0.2) is 4.98 Å². The third-order valence-electron chi connectivity index (χ3n) is 4.07. The number of nitriles is 1. The second-order valence-electron chi connectivity index (χ2n) is 6.73. The van der Waals surface area contributed by atoms with E-state index in [1.165, 1.54) is 5.56 Å². The van der Waals surface area contributed by atoms with E-state index < -0.39 is 0 Å². The first kappa shape index (κ1) is 16.8. The maximum atomic E-state index is 9.40. The number of hydrogen-bond acceptors (Lipinski definition) is 2. The molecule has 0 amide bonds. The lowest BCUT2D eigenvalue weighted by molar-refractivity contribution is 0.590. The highest BCUT2D eigenvalue weighted by Crippen LogP contribution is 2.36. The zero-order valence-electron chi connectivity index (χ0n) is 13.7. The molecule has 0 aliphatic rings. The largest absolute Gasteiger partial charge is 0.234 e. The van der Waals surface area contributed by atoms with Crippen LogP contribution in [0.25, 0.3) is 22.0 Å². The Balaban J connectivity index is 2.28. The first-order valence-electron chi connectivity index (χ1n) is 7.61. The number of fused-ring (bicyclic) bond motifs is 1. The van der Waals surface area contributed by atoms with Crippen molar-refractivity contribution in [3.8, 4) is 17.3 Å². The van der Waals surface area contributed by atoms with Crippen molar-refractivity contribution in [1.82, 2.24) is 4.98 Å².